The van der Waals surface area contributed by atoms with Crippen LogP contribution in [-0.2, 0) is 6.16 Å². The predicted octanol–water partition coefficient (Wildman–Crippen LogP) is 4.26. The van der Waals surface area contributed by atoms with Crippen LogP contribution >= 0.6 is 19.5 Å². The molecule has 0 aliphatic rings. The van der Waals surface area contributed by atoms with Crippen molar-refractivity contribution in [1.29, 1.82) is 0 Å². The molecule has 0 unspecified atom stereocenters. The lowest BCUT2D eigenvalue weighted by Gasteiger charge is -2.34. The van der Waals surface area contributed by atoms with Gasteiger partial charge in [0.1, 0.15) is 0 Å². The van der Waals surface area contributed by atoms with Gasteiger partial charge in [0.05, 0.1) is 36.2 Å². The first-order valence-electron chi connectivity index (χ1n) is 12.8. The Hall–Kier alpha value is -2.52. The van der Waals surface area contributed by atoms with E-state index < -0.39 is 7.26 Å². The van der Waals surface area contributed by atoms with Gasteiger partial charge in [0, 0.05) is 5.69 Å². The van der Waals surface area contributed by atoms with Gasteiger partial charge in [-0.05, 0) is 60.1 Å². The Kier molecular flexibility index (Phi) is 11.3. The van der Waals surface area contributed by atoms with Gasteiger partial charge in [0.25, 0.3) is 0 Å². The molecule has 0 fully saturated rings. The molecule has 0 spiro atoms. The molecule has 5 heteroatoms. The fraction of sp³-hybridized carbons (Fsp3) is 0.219. The van der Waals surface area contributed by atoms with E-state index in [1.165, 1.54) is 16.2 Å². The van der Waals surface area contributed by atoms with Crippen molar-refractivity contribution in [3.05, 3.63) is 127 Å². The second-order valence-corrected chi connectivity index (χ2v) is 13.5. The van der Waals surface area contributed by atoms with E-state index in [1.807, 2.05) is 30.3 Å². The van der Waals surface area contributed by atoms with E-state index in [-0.39, 0.29) is 23.0 Å². The average molecular weight is 592 g/mol. The molecule has 2 atom stereocenters. The highest BCUT2D eigenvalue weighted by molar-refractivity contribution is 7.88. The van der Waals surface area contributed by atoms with Crippen LogP contribution < -0.4 is 38.2 Å². The maximum Gasteiger partial charge on any atom is 0.171 e. The second-order valence-electron chi connectivity index (χ2n) is 9.42. The molecule has 0 aliphatic carbocycles. The van der Waals surface area contributed by atoms with E-state index in [0.29, 0.717) is 11.0 Å². The van der Waals surface area contributed by atoms with Crippen LogP contribution in [0.1, 0.15) is 25.8 Å². The average Bonchev–Trinajstić information content (AvgIpc) is 2.94. The van der Waals surface area contributed by atoms with Gasteiger partial charge in [-0.25, -0.2) is 0 Å². The minimum Gasteiger partial charge on any atom is -1.00 e. The Balaban J connectivity index is 0.00000380. The summed E-state index contributed by atoms with van der Waals surface area (Å²) in [5.41, 5.74) is 2.39. The molecule has 37 heavy (non-hydrogen) atoms. The van der Waals surface area contributed by atoms with Crippen molar-refractivity contribution >= 4 is 40.9 Å². The third-order valence-corrected chi connectivity index (χ3v) is 11.7. The fourth-order valence-electron chi connectivity index (χ4n) is 4.77. The van der Waals surface area contributed by atoms with Crippen LogP contribution in [0, 0.1) is 5.92 Å². The molecular formula is C32H36BrN2PS. The van der Waals surface area contributed by atoms with Crippen LogP contribution in [0.15, 0.2) is 121 Å². The summed E-state index contributed by atoms with van der Waals surface area (Å²) in [6, 6.07) is 43.7. The summed E-state index contributed by atoms with van der Waals surface area (Å²) >= 11 is 5.82. The van der Waals surface area contributed by atoms with Crippen molar-refractivity contribution in [2.24, 2.45) is 5.92 Å². The van der Waals surface area contributed by atoms with E-state index in [2.05, 4.69) is 115 Å². The third-order valence-electron chi connectivity index (χ3n) is 6.98. The molecule has 2 nitrogen and oxygen atoms in total. The first kappa shape index (κ1) is 29.0. The van der Waals surface area contributed by atoms with E-state index in [4.69, 9.17) is 12.2 Å². The lowest BCUT2D eigenvalue weighted by Crippen LogP contribution is -3.00. The highest BCUT2D eigenvalue weighted by atomic mass is 79.9. The van der Waals surface area contributed by atoms with Crippen LogP contribution in [0.4, 0.5) is 5.69 Å². The number of nitrogens with one attached hydrogen (secondary N) is 2. The van der Waals surface area contributed by atoms with Crippen molar-refractivity contribution in [2.75, 3.05) is 11.5 Å². The number of anilines is 1. The van der Waals surface area contributed by atoms with Crippen LogP contribution in [0.2, 0.25) is 0 Å². The summed E-state index contributed by atoms with van der Waals surface area (Å²) in [7, 11) is -1.83. The molecule has 0 aromatic heterocycles. The summed E-state index contributed by atoms with van der Waals surface area (Å²) in [6.45, 7) is 4.62. The molecule has 4 rings (SSSR count). The van der Waals surface area contributed by atoms with Gasteiger partial charge in [-0.3, -0.25) is 0 Å². The largest absolute Gasteiger partial charge is 1.00 e. The monoisotopic (exact) mass is 590 g/mol. The van der Waals surface area contributed by atoms with Gasteiger partial charge in [0.2, 0.25) is 0 Å². The standard InChI is InChI=1S/C32H35N2PS.BrH/c1-3-26(2)31(34-32(36)33-28-18-10-5-11-19-28)25-35(29-20-12-6-13-21-29,30-22-14-7-15-23-30)24-27-16-8-4-9-17-27;/h4-23,26,31H,3,24-25H2,1-2H3,(H-,33,34,36);1H/t26-,31+;/m0./s1. The molecule has 4 aromatic carbocycles. The molecule has 0 heterocycles. The number of para-hydroxylation sites is 1. The quantitative estimate of drug-likeness (QED) is 0.213. The molecule has 0 radical (unpaired) electrons. The van der Waals surface area contributed by atoms with Crippen molar-refractivity contribution in [3.63, 3.8) is 0 Å². The normalized spacial score (nSPS) is 12.6. The van der Waals surface area contributed by atoms with Gasteiger partial charge >= 0.3 is 0 Å². The Morgan fingerprint density at radius 2 is 1.19 bits per heavy atom. The van der Waals surface area contributed by atoms with Crippen molar-refractivity contribution in [2.45, 2.75) is 32.5 Å². The van der Waals surface area contributed by atoms with Crippen LogP contribution in [0.3, 0.4) is 0 Å². The number of halogens is 1. The summed E-state index contributed by atoms with van der Waals surface area (Å²) in [4.78, 5) is 0. The van der Waals surface area contributed by atoms with Crippen molar-refractivity contribution < 1.29 is 17.0 Å². The van der Waals surface area contributed by atoms with E-state index in [0.717, 1.165) is 24.4 Å². The zero-order valence-electron chi connectivity index (χ0n) is 21.6. The number of thiocarbonyl (C=S) groups is 1. The Morgan fingerprint density at radius 3 is 1.68 bits per heavy atom. The smallest absolute Gasteiger partial charge is 0.171 e. The van der Waals surface area contributed by atoms with Crippen molar-refractivity contribution in [3.8, 4) is 0 Å². The first-order valence-corrected chi connectivity index (χ1v) is 15.3. The lowest BCUT2D eigenvalue weighted by atomic mass is 10.0. The fourth-order valence-corrected chi connectivity index (χ4v) is 9.70. The third kappa shape index (κ3) is 7.74. The molecule has 0 amide bonds. The lowest BCUT2D eigenvalue weighted by molar-refractivity contribution is -0.00000725. The van der Waals surface area contributed by atoms with Gasteiger partial charge in [-0.1, -0.05) is 105 Å². The Bertz CT molecular complexity index is 1170. The molecule has 0 saturated heterocycles. The summed E-state index contributed by atoms with van der Waals surface area (Å²) < 4.78 is 0. The molecule has 0 saturated carbocycles. The molecule has 0 aliphatic heterocycles. The summed E-state index contributed by atoms with van der Waals surface area (Å²) in [5.74, 6) is 0.461. The molecule has 2 N–H and O–H groups in total. The highest BCUT2D eigenvalue weighted by Gasteiger charge is 2.45. The SMILES string of the molecule is CC[C@H](C)[C@@H](C[P+](Cc1ccccc1)(c1ccccc1)c1ccccc1)NC(=S)Nc1ccccc1.[Br-]. The van der Waals surface area contributed by atoms with Crippen LogP contribution in [-0.4, -0.2) is 17.3 Å². The molecule has 0 bridgehead atoms. The maximum atomic E-state index is 5.82. The first-order chi connectivity index (χ1) is 17.6. The number of hydrogen-bond donors (Lipinski definition) is 2. The maximum absolute atomic E-state index is 5.82. The molecule has 4 aromatic rings. The second kappa shape index (κ2) is 14.4. The molecule has 192 valence electrons. The predicted molar refractivity (Wildman–Crippen MR) is 163 cm³/mol. The highest BCUT2D eigenvalue weighted by Crippen LogP contribution is 2.60. The minimum atomic E-state index is -1.83. The van der Waals surface area contributed by atoms with Crippen LogP contribution in [0.25, 0.3) is 0 Å². The van der Waals surface area contributed by atoms with E-state index in [1.54, 1.807) is 0 Å². The number of benzene rings is 4. The summed E-state index contributed by atoms with van der Waals surface area (Å²) in [5, 5.41) is 10.7. The van der Waals surface area contributed by atoms with E-state index in [9.17, 15) is 0 Å². The number of hydrogen-bond acceptors (Lipinski definition) is 1. The topological polar surface area (TPSA) is 24.1 Å². The Labute approximate surface area is 239 Å². The van der Waals surface area contributed by atoms with E-state index >= 15 is 0 Å². The summed E-state index contributed by atoms with van der Waals surface area (Å²) in [6.07, 6.45) is 3.14. The van der Waals surface area contributed by atoms with Crippen molar-refractivity contribution in [1.82, 2.24) is 5.32 Å². The Morgan fingerprint density at radius 1 is 0.730 bits per heavy atom. The van der Waals surface area contributed by atoms with Gasteiger partial charge in [-0.2, -0.15) is 0 Å². The zero-order chi connectivity index (χ0) is 25.2. The van der Waals surface area contributed by atoms with Gasteiger partial charge < -0.3 is 27.6 Å². The van der Waals surface area contributed by atoms with Gasteiger partial charge in [-0.15, -0.1) is 0 Å². The van der Waals surface area contributed by atoms with Gasteiger partial charge in [0.15, 0.2) is 5.11 Å². The molecular weight excluding hydrogens is 555 g/mol. The van der Waals surface area contributed by atoms with Crippen LogP contribution in [0.5, 0.6) is 0 Å². The minimum absolute atomic E-state index is 0. The number of rotatable bonds is 10. The zero-order valence-corrected chi connectivity index (χ0v) is 24.9.